The van der Waals surface area contributed by atoms with E-state index < -0.39 is 0 Å². The number of ether oxygens (including phenoxy) is 1. The van der Waals surface area contributed by atoms with Crippen LogP contribution in [0.25, 0.3) is 0 Å². The van der Waals surface area contributed by atoms with E-state index in [9.17, 15) is 0 Å². The first-order chi connectivity index (χ1) is 5.75. The molecule has 3 nitrogen and oxygen atoms in total. The number of nitrogens with two attached hydrogens (primary N) is 1. The van der Waals surface area contributed by atoms with Crippen LogP contribution in [0.1, 0.15) is 32.1 Å². The summed E-state index contributed by atoms with van der Waals surface area (Å²) >= 11 is 0. The van der Waals surface area contributed by atoms with Gasteiger partial charge in [-0.05, 0) is 18.8 Å². The van der Waals surface area contributed by atoms with Gasteiger partial charge in [-0.25, -0.2) is 0 Å². The summed E-state index contributed by atoms with van der Waals surface area (Å²) in [6, 6.07) is 0. The van der Waals surface area contributed by atoms with E-state index in [0.717, 1.165) is 12.8 Å². The Bertz CT molecular complexity index is 153. The number of nitrogens with one attached hydrogen (secondary N) is 1. The Morgan fingerprint density at radius 3 is 2.42 bits per heavy atom. The third-order valence-electron chi connectivity index (χ3n) is 2.64. The van der Waals surface area contributed by atoms with Crippen molar-refractivity contribution in [3.8, 4) is 0 Å². The molecule has 0 aliphatic heterocycles. The van der Waals surface area contributed by atoms with E-state index in [1.54, 1.807) is 7.11 Å². The second-order valence-electron chi connectivity index (χ2n) is 3.51. The molecule has 1 unspecified atom stereocenters. The predicted octanol–water partition coefficient (Wildman–Crippen LogP) is 1.52. The van der Waals surface area contributed by atoms with Crippen LogP contribution in [0.3, 0.4) is 0 Å². The summed E-state index contributed by atoms with van der Waals surface area (Å²) in [6.07, 6.45) is 6.04. The highest BCUT2D eigenvalue weighted by Crippen LogP contribution is 2.27. The Kier molecular flexibility index (Phi) is 3.53. The van der Waals surface area contributed by atoms with Crippen molar-refractivity contribution < 1.29 is 4.74 Å². The van der Waals surface area contributed by atoms with Gasteiger partial charge in [-0.1, -0.05) is 19.3 Å². The molecule has 0 aromatic heterocycles. The first kappa shape index (κ1) is 9.52. The fourth-order valence-electron chi connectivity index (χ4n) is 2.01. The van der Waals surface area contributed by atoms with E-state index in [1.807, 2.05) is 0 Å². The molecule has 12 heavy (non-hydrogen) atoms. The fraction of sp³-hybridized carbons (Fsp3) is 0.889. The number of hydrogen-bond acceptors (Lipinski definition) is 2. The van der Waals surface area contributed by atoms with Crippen LogP contribution in [0, 0.1) is 11.3 Å². The number of rotatable bonds is 3. The normalized spacial score (nSPS) is 22.1. The number of amidine groups is 1. The predicted molar refractivity (Wildman–Crippen MR) is 49.3 cm³/mol. The summed E-state index contributed by atoms with van der Waals surface area (Å²) in [5.74, 6) is 0.672. The Labute approximate surface area is 73.8 Å². The first-order valence-corrected chi connectivity index (χ1v) is 4.62. The molecule has 1 fully saturated rings. The standard InChI is InChI=1S/C9H18N2O/c1-12-8(9(10)11)7-5-3-2-4-6-7/h7-8H,2-6H2,1H3,(H3,10,11). The summed E-state index contributed by atoms with van der Waals surface area (Å²) in [4.78, 5) is 0. The van der Waals surface area contributed by atoms with E-state index in [2.05, 4.69) is 0 Å². The molecule has 1 aliphatic carbocycles. The van der Waals surface area contributed by atoms with Crippen LogP contribution in [0.5, 0.6) is 0 Å². The molecule has 3 heteroatoms. The van der Waals surface area contributed by atoms with Crippen LogP contribution >= 0.6 is 0 Å². The topological polar surface area (TPSA) is 59.1 Å². The van der Waals surface area contributed by atoms with Gasteiger partial charge >= 0.3 is 0 Å². The third-order valence-corrected chi connectivity index (χ3v) is 2.64. The molecule has 1 aliphatic rings. The summed E-state index contributed by atoms with van der Waals surface area (Å²) in [5, 5.41) is 7.34. The average Bonchev–Trinajstić information content (AvgIpc) is 2.07. The highest BCUT2D eigenvalue weighted by atomic mass is 16.5. The van der Waals surface area contributed by atoms with Gasteiger partial charge in [0.05, 0.1) is 0 Å². The van der Waals surface area contributed by atoms with Gasteiger partial charge < -0.3 is 10.5 Å². The van der Waals surface area contributed by atoms with Crippen LogP contribution in [-0.4, -0.2) is 19.0 Å². The Hall–Kier alpha value is -0.570. The van der Waals surface area contributed by atoms with Crippen molar-refractivity contribution in [2.45, 2.75) is 38.2 Å². The zero-order valence-electron chi connectivity index (χ0n) is 7.68. The largest absolute Gasteiger partial charge is 0.385 e. The molecule has 0 heterocycles. The quantitative estimate of drug-likeness (QED) is 0.498. The van der Waals surface area contributed by atoms with Gasteiger partial charge in [0, 0.05) is 7.11 Å². The first-order valence-electron chi connectivity index (χ1n) is 4.62. The number of methoxy groups -OCH3 is 1. The van der Waals surface area contributed by atoms with Gasteiger partial charge in [0.2, 0.25) is 0 Å². The van der Waals surface area contributed by atoms with Crippen LogP contribution in [-0.2, 0) is 4.74 Å². The molecule has 1 saturated carbocycles. The molecule has 1 rings (SSSR count). The van der Waals surface area contributed by atoms with Crippen molar-refractivity contribution in [3.05, 3.63) is 0 Å². The minimum Gasteiger partial charge on any atom is -0.385 e. The van der Waals surface area contributed by atoms with Gasteiger partial charge in [-0.3, -0.25) is 5.41 Å². The molecule has 0 aromatic carbocycles. The van der Waals surface area contributed by atoms with Crippen LogP contribution in [0.2, 0.25) is 0 Å². The van der Waals surface area contributed by atoms with Gasteiger partial charge in [0.1, 0.15) is 11.9 Å². The molecular formula is C9H18N2O. The zero-order chi connectivity index (χ0) is 8.97. The van der Waals surface area contributed by atoms with E-state index >= 15 is 0 Å². The number of hydrogen-bond donors (Lipinski definition) is 2. The maximum Gasteiger partial charge on any atom is 0.121 e. The Balaban J connectivity index is 2.46. The fourth-order valence-corrected chi connectivity index (χ4v) is 2.01. The van der Waals surface area contributed by atoms with Crippen LogP contribution in [0.4, 0.5) is 0 Å². The van der Waals surface area contributed by atoms with Crippen molar-refractivity contribution in [2.24, 2.45) is 11.7 Å². The second kappa shape index (κ2) is 4.45. The SMILES string of the molecule is COC(C(=N)N)C1CCCCC1. The average molecular weight is 170 g/mol. The Morgan fingerprint density at radius 2 is 2.00 bits per heavy atom. The monoisotopic (exact) mass is 170 g/mol. The van der Waals surface area contributed by atoms with Crippen molar-refractivity contribution >= 4 is 5.84 Å². The van der Waals surface area contributed by atoms with Crippen molar-refractivity contribution in [1.82, 2.24) is 0 Å². The van der Waals surface area contributed by atoms with Crippen molar-refractivity contribution in [3.63, 3.8) is 0 Å². The lowest BCUT2D eigenvalue weighted by atomic mass is 9.85. The lowest BCUT2D eigenvalue weighted by Crippen LogP contribution is -2.37. The molecule has 0 aromatic rings. The Morgan fingerprint density at radius 1 is 1.42 bits per heavy atom. The van der Waals surface area contributed by atoms with E-state index in [4.69, 9.17) is 15.9 Å². The van der Waals surface area contributed by atoms with Gasteiger partial charge in [0.25, 0.3) is 0 Å². The van der Waals surface area contributed by atoms with Crippen LogP contribution in [0.15, 0.2) is 0 Å². The molecule has 0 amide bonds. The molecule has 0 saturated heterocycles. The van der Waals surface area contributed by atoms with Crippen molar-refractivity contribution in [2.75, 3.05) is 7.11 Å². The highest BCUT2D eigenvalue weighted by Gasteiger charge is 2.25. The van der Waals surface area contributed by atoms with Gasteiger partial charge in [-0.15, -0.1) is 0 Å². The smallest absolute Gasteiger partial charge is 0.121 e. The lowest BCUT2D eigenvalue weighted by Gasteiger charge is -2.28. The highest BCUT2D eigenvalue weighted by molar-refractivity contribution is 5.82. The van der Waals surface area contributed by atoms with Crippen LogP contribution < -0.4 is 5.73 Å². The maximum atomic E-state index is 7.34. The molecule has 70 valence electrons. The molecular weight excluding hydrogens is 152 g/mol. The molecule has 0 spiro atoms. The van der Waals surface area contributed by atoms with Gasteiger partial charge in [0.15, 0.2) is 0 Å². The second-order valence-corrected chi connectivity index (χ2v) is 3.51. The summed E-state index contributed by atoms with van der Waals surface area (Å²) in [5.41, 5.74) is 5.44. The maximum absolute atomic E-state index is 7.34. The zero-order valence-corrected chi connectivity index (χ0v) is 7.68. The molecule has 0 bridgehead atoms. The summed E-state index contributed by atoms with van der Waals surface area (Å²) in [7, 11) is 1.64. The van der Waals surface area contributed by atoms with E-state index in [0.29, 0.717) is 5.92 Å². The van der Waals surface area contributed by atoms with E-state index in [1.165, 1.54) is 19.3 Å². The summed E-state index contributed by atoms with van der Waals surface area (Å²) in [6.45, 7) is 0. The third kappa shape index (κ3) is 2.21. The van der Waals surface area contributed by atoms with Crippen molar-refractivity contribution in [1.29, 1.82) is 5.41 Å². The molecule has 0 radical (unpaired) electrons. The molecule has 3 N–H and O–H groups in total. The summed E-state index contributed by atoms with van der Waals surface area (Å²) < 4.78 is 5.20. The minimum absolute atomic E-state index is 0.134. The lowest BCUT2D eigenvalue weighted by molar-refractivity contribution is 0.0846. The van der Waals surface area contributed by atoms with Gasteiger partial charge in [-0.2, -0.15) is 0 Å². The molecule has 1 atom stereocenters. The van der Waals surface area contributed by atoms with E-state index in [-0.39, 0.29) is 11.9 Å². The minimum atomic E-state index is -0.134.